The highest BCUT2D eigenvalue weighted by molar-refractivity contribution is 5.96. The van der Waals surface area contributed by atoms with Crippen molar-refractivity contribution in [2.75, 3.05) is 7.05 Å². The highest BCUT2D eigenvalue weighted by atomic mass is 16.5. The fraction of sp³-hybridized carbons (Fsp3) is 0.417. The van der Waals surface area contributed by atoms with Crippen molar-refractivity contribution in [1.29, 1.82) is 0 Å². The molecule has 7 nitrogen and oxygen atoms in total. The molecule has 4 N–H and O–H groups in total. The number of aromatic nitrogens is 1. The molecular formula is C12H18N4O3. The molecule has 0 saturated heterocycles. The zero-order valence-corrected chi connectivity index (χ0v) is 11.2. The molecule has 0 aliphatic rings. The van der Waals surface area contributed by atoms with E-state index in [0.717, 1.165) is 5.69 Å². The van der Waals surface area contributed by atoms with Crippen LogP contribution in [0.25, 0.3) is 0 Å². The molecule has 104 valence electrons. The minimum absolute atomic E-state index is 0.209. The molecule has 0 aliphatic heterocycles. The average molecular weight is 266 g/mol. The summed E-state index contributed by atoms with van der Waals surface area (Å²) in [4.78, 5) is 26.9. The lowest BCUT2D eigenvalue weighted by molar-refractivity contribution is -0.126. The zero-order valence-electron chi connectivity index (χ0n) is 11.2. The molecule has 7 heteroatoms. The van der Waals surface area contributed by atoms with E-state index in [0.29, 0.717) is 11.4 Å². The van der Waals surface area contributed by atoms with Crippen LogP contribution in [0.2, 0.25) is 0 Å². The molecule has 19 heavy (non-hydrogen) atoms. The lowest BCUT2D eigenvalue weighted by Gasteiger charge is -2.16. The Balaban J connectivity index is 2.73. The second-order valence-corrected chi connectivity index (χ2v) is 3.93. The van der Waals surface area contributed by atoms with E-state index in [4.69, 9.17) is 10.5 Å². The van der Waals surface area contributed by atoms with Crippen LogP contribution in [0, 0.1) is 6.92 Å². The van der Waals surface area contributed by atoms with Crippen molar-refractivity contribution in [3.8, 4) is 5.75 Å². The van der Waals surface area contributed by atoms with Crippen LogP contribution in [0.1, 0.15) is 18.3 Å². The Morgan fingerprint density at radius 1 is 1.47 bits per heavy atom. The van der Waals surface area contributed by atoms with Gasteiger partial charge < -0.3 is 15.8 Å². The van der Waals surface area contributed by atoms with Crippen LogP contribution >= 0.6 is 0 Å². The number of aryl methyl sites for hydroxylation is 1. The molecule has 0 radical (unpaired) electrons. The van der Waals surface area contributed by atoms with Crippen molar-refractivity contribution in [3.05, 3.63) is 23.5 Å². The van der Waals surface area contributed by atoms with Crippen LogP contribution in [0.4, 0.5) is 4.79 Å². The van der Waals surface area contributed by atoms with Gasteiger partial charge >= 0.3 is 6.03 Å². The summed E-state index contributed by atoms with van der Waals surface area (Å²) in [6.45, 7) is 3.59. The quantitative estimate of drug-likeness (QED) is 0.715. The first-order chi connectivity index (χ1) is 8.97. The summed E-state index contributed by atoms with van der Waals surface area (Å²) >= 11 is 0. The molecule has 1 atom stereocenters. The van der Waals surface area contributed by atoms with Gasteiger partial charge in [-0.2, -0.15) is 0 Å². The molecule has 0 fully saturated rings. The maximum atomic E-state index is 11.6. The van der Waals surface area contributed by atoms with Crippen LogP contribution in [0.3, 0.4) is 0 Å². The summed E-state index contributed by atoms with van der Waals surface area (Å²) in [5, 5.41) is 4.42. The largest absolute Gasteiger partial charge is 0.479 e. The molecule has 1 rings (SSSR count). The summed E-state index contributed by atoms with van der Waals surface area (Å²) < 4.78 is 5.46. The minimum Gasteiger partial charge on any atom is -0.479 e. The fourth-order valence-corrected chi connectivity index (χ4v) is 1.37. The molecule has 1 aromatic rings. The van der Waals surface area contributed by atoms with Gasteiger partial charge in [0.25, 0.3) is 5.91 Å². The van der Waals surface area contributed by atoms with E-state index in [2.05, 4.69) is 15.6 Å². The number of pyridine rings is 1. The van der Waals surface area contributed by atoms with Gasteiger partial charge in [0.1, 0.15) is 5.75 Å². The number of hydrogen-bond donors (Lipinski definition) is 3. The Bertz CT molecular complexity index is 476. The highest BCUT2D eigenvalue weighted by Gasteiger charge is 2.18. The zero-order chi connectivity index (χ0) is 14.4. The number of ether oxygens (including phenoxy) is 1. The normalized spacial score (nSPS) is 11.6. The van der Waals surface area contributed by atoms with Gasteiger partial charge in [-0.25, -0.2) is 4.79 Å². The summed E-state index contributed by atoms with van der Waals surface area (Å²) in [6, 6.07) is 2.88. The first-order valence-electron chi connectivity index (χ1n) is 5.83. The molecule has 1 aromatic heterocycles. The van der Waals surface area contributed by atoms with Crippen molar-refractivity contribution < 1.29 is 14.3 Å². The van der Waals surface area contributed by atoms with E-state index in [9.17, 15) is 9.59 Å². The van der Waals surface area contributed by atoms with Gasteiger partial charge in [0.2, 0.25) is 0 Å². The Morgan fingerprint density at radius 3 is 2.74 bits per heavy atom. The smallest absolute Gasteiger partial charge is 0.321 e. The monoisotopic (exact) mass is 266 g/mol. The van der Waals surface area contributed by atoms with Gasteiger partial charge in [0, 0.05) is 19.3 Å². The lowest BCUT2D eigenvalue weighted by atomic mass is 10.2. The topological polar surface area (TPSA) is 106 Å². The van der Waals surface area contributed by atoms with Crippen molar-refractivity contribution in [2.45, 2.75) is 26.5 Å². The fourth-order valence-electron chi connectivity index (χ4n) is 1.37. The third kappa shape index (κ3) is 4.22. The molecule has 0 aliphatic carbocycles. The van der Waals surface area contributed by atoms with Crippen molar-refractivity contribution in [3.63, 3.8) is 0 Å². The van der Waals surface area contributed by atoms with Crippen LogP contribution in [0.5, 0.6) is 5.75 Å². The average Bonchev–Trinajstić information content (AvgIpc) is 2.40. The van der Waals surface area contributed by atoms with Gasteiger partial charge in [-0.15, -0.1) is 0 Å². The van der Waals surface area contributed by atoms with E-state index in [1.807, 2.05) is 6.92 Å². The number of hydrogen-bond acceptors (Lipinski definition) is 5. The molecular weight excluding hydrogens is 248 g/mol. The standard InChI is InChI=1S/C12H18N4O3/c1-7-4-5-10(9(6-13)15-7)19-8(2)11(17)16-12(18)14-3/h4-5,8H,6,13H2,1-3H3,(H2,14,16,17,18). The number of nitrogens with one attached hydrogen (secondary N) is 2. The maximum Gasteiger partial charge on any atom is 0.321 e. The summed E-state index contributed by atoms with van der Waals surface area (Å²) in [6.07, 6.45) is -0.827. The number of rotatable bonds is 4. The predicted molar refractivity (Wildman–Crippen MR) is 69.6 cm³/mol. The number of imide groups is 1. The van der Waals surface area contributed by atoms with Gasteiger partial charge in [-0.1, -0.05) is 0 Å². The second kappa shape index (κ2) is 6.69. The van der Waals surface area contributed by atoms with Gasteiger partial charge in [0.15, 0.2) is 6.10 Å². The Hall–Kier alpha value is -2.15. The second-order valence-electron chi connectivity index (χ2n) is 3.93. The molecule has 3 amide bonds. The first kappa shape index (κ1) is 14.9. The van der Waals surface area contributed by atoms with E-state index in [1.54, 1.807) is 19.1 Å². The third-order valence-electron chi connectivity index (χ3n) is 2.40. The Labute approximate surface area is 111 Å². The summed E-state index contributed by atoms with van der Waals surface area (Å²) in [5.74, 6) is -0.101. The number of amides is 3. The van der Waals surface area contributed by atoms with Crippen LogP contribution in [-0.2, 0) is 11.3 Å². The maximum absolute atomic E-state index is 11.6. The number of nitrogens with two attached hydrogens (primary N) is 1. The number of urea groups is 1. The molecule has 0 saturated carbocycles. The molecule has 0 spiro atoms. The highest BCUT2D eigenvalue weighted by Crippen LogP contribution is 2.17. The van der Waals surface area contributed by atoms with Crippen LogP contribution in [0.15, 0.2) is 12.1 Å². The molecule has 1 heterocycles. The van der Waals surface area contributed by atoms with Gasteiger partial charge in [0.05, 0.1) is 5.69 Å². The van der Waals surface area contributed by atoms with Crippen LogP contribution in [-0.4, -0.2) is 30.1 Å². The third-order valence-corrected chi connectivity index (χ3v) is 2.40. The van der Waals surface area contributed by atoms with E-state index < -0.39 is 18.0 Å². The summed E-state index contributed by atoms with van der Waals surface area (Å²) in [7, 11) is 1.42. The SMILES string of the molecule is CNC(=O)NC(=O)C(C)Oc1ccc(C)nc1CN. The number of nitrogens with zero attached hydrogens (tertiary/aromatic N) is 1. The van der Waals surface area contributed by atoms with Gasteiger partial charge in [-0.3, -0.25) is 15.1 Å². The Morgan fingerprint density at radius 2 is 2.16 bits per heavy atom. The lowest BCUT2D eigenvalue weighted by Crippen LogP contribution is -2.44. The van der Waals surface area contributed by atoms with Crippen molar-refractivity contribution in [2.24, 2.45) is 5.73 Å². The molecule has 0 aromatic carbocycles. The number of carbonyl (C=O) groups excluding carboxylic acids is 2. The predicted octanol–water partition coefficient (Wildman–Crippen LogP) is 0.0716. The van der Waals surface area contributed by atoms with E-state index in [1.165, 1.54) is 7.05 Å². The van der Waals surface area contributed by atoms with Crippen LogP contribution < -0.4 is 21.1 Å². The number of carbonyl (C=O) groups is 2. The first-order valence-corrected chi connectivity index (χ1v) is 5.83. The summed E-state index contributed by atoms with van der Waals surface area (Å²) in [5.41, 5.74) is 6.95. The van der Waals surface area contributed by atoms with Crippen molar-refractivity contribution >= 4 is 11.9 Å². The molecule has 1 unspecified atom stereocenters. The van der Waals surface area contributed by atoms with Gasteiger partial charge in [-0.05, 0) is 26.0 Å². The van der Waals surface area contributed by atoms with Crippen molar-refractivity contribution in [1.82, 2.24) is 15.6 Å². The van der Waals surface area contributed by atoms with E-state index >= 15 is 0 Å². The Kier molecular flexibility index (Phi) is 5.25. The van der Waals surface area contributed by atoms with E-state index in [-0.39, 0.29) is 6.54 Å². The molecule has 0 bridgehead atoms. The minimum atomic E-state index is -0.827.